The molecule has 2 nitrogen and oxygen atoms in total. The third-order valence-electron chi connectivity index (χ3n) is 3.46. The number of nitrogens with zero attached hydrogens (tertiary/aromatic N) is 1. The summed E-state index contributed by atoms with van der Waals surface area (Å²) >= 11 is 0. The molecule has 19 heavy (non-hydrogen) atoms. The molecule has 0 radical (unpaired) electrons. The molecule has 1 unspecified atom stereocenters. The van der Waals surface area contributed by atoms with Gasteiger partial charge in [-0.1, -0.05) is 35.9 Å². The van der Waals surface area contributed by atoms with Crippen molar-refractivity contribution in [1.82, 2.24) is 0 Å². The largest absolute Gasteiger partial charge is 0.389 e. The van der Waals surface area contributed by atoms with Crippen molar-refractivity contribution < 1.29 is 5.11 Å². The van der Waals surface area contributed by atoms with Crippen LogP contribution in [0.5, 0.6) is 0 Å². The predicted octanol–water partition coefficient (Wildman–Crippen LogP) is 4.12. The highest BCUT2D eigenvalue weighted by Crippen LogP contribution is 2.32. The van der Waals surface area contributed by atoms with Crippen LogP contribution in [-0.2, 0) is 0 Å². The smallest absolute Gasteiger partial charge is 0.0782 e. The van der Waals surface area contributed by atoms with Crippen LogP contribution in [0.3, 0.4) is 0 Å². The second-order valence-corrected chi connectivity index (χ2v) is 5.08. The minimum Gasteiger partial charge on any atom is -0.389 e. The summed E-state index contributed by atoms with van der Waals surface area (Å²) in [6.45, 7) is 6.01. The molecule has 0 aromatic heterocycles. The summed E-state index contributed by atoms with van der Waals surface area (Å²) in [6.07, 6.45) is -0.468. The molecule has 2 aromatic rings. The lowest BCUT2D eigenvalue weighted by Crippen LogP contribution is -2.14. The Hall–Kier alpha value is -1.80. The normalized spacial score (nSPS) is 12.3. The Morgan fingerprint density at radius 3 is 2.32 bits per heavy atom. The predicted molar refractivity (Wildman–Crippen MR) is 81.1 cm³/mol. The van der Waals surface area contributed by atoms with Gasteiger partial charge in [-0.25, -0.2) is 0 Å². The molecule has 2 aromatic carbocycles. The van der Waals surface area contributed by atoms with Crippen molar-refractivity contribution in [2.45, 2.75) is 26.9 Å². The zero-order chi connectivity index (χ0) is 14.0. The first-order valence-electron chi connectivity index (χ1n) is 6.58. The fourth-order valence-electron chi connectivity index (χ4n) is 2.46. The average molecular weight is 255 g/mol. The van der Waals surface area contributed by atoms with Crippen molar-refractivity contribution in [3.63, 3.8) is 0 Å². The van der Waals surface area contributed by atoms with Crippen LogP contribution in [0, 0.1) is 13.8 Å². The molecule has 0 aliphatic heterocycles. The molecular weight excluding hydrogens is 234 g/mol. The van der Waals surface area contributed by atoms with E-state index < -0.39 is 6.10 Å². The highest BCUT2D eigenvalue weighted by atomic mass is 16.3. The lowest BCUT2D eigenvalue weighted by molar-refractivity contribution is 0.200. The first-order chi connectivity index (χ1) is 9.00. The molecule has 0 fully saturated rings. The van der Waals surface area contributed by atoms with E-state index in [4.69, 9.17) is 0 Å². The van der Waals surface area contributed by atoms with E-state index >= 15 is 0 Å². The van der Waals surface area contributed by atoms with Crippen molar-refractivity contribution in [3.8, 4) is 0 Å². The SMILES string of the molecule is Cc1ccc(N(C)c2ccccc2C(C)O)c(C)c1. The van der Waals surface area contributed by atoms with Crippen molar-refractivity contribution in [2.75, 3.05) is 11.9 Å². The zero-order valence-electron chi connectivity index (χ0n) is 12.0. The van der Waals surface area contributed by atoms with E-state index in [1.54, 1.807) is 6.92 Å². The minimum absolute atomic E-state index is 0.468. The van der Waals surface area contributed by atoms with Crippen LogP contribution >= 0.6 is 0 Å². The molecule has 0 saturated carbocycles. The van der Waals surface area contributed by atoms with Gasteiger partial charge in [0.05, 0.1) is 6.10 Å². The lowest BCUT2D eigenvalue weighted by atomic mass is 10.1. The number of aliphatic hydroxyl groups excluding tert-OH is 1. The number of benzene rings is 2. The summed E-state index contributed by atoms with van der Waals surface area (Å²) in [4.78, 5) is 2.14. The maximum absolute atomic E-state index is 9.89. The highest BCUT2D eigenvalue weighted by molar-refractivity contribution is 5.68. The Bertz CT molecular complexity index is 575. The molecule has 0 spiro atoms. The molecule has 0 aliphatic rings. The van der Waals surface area contributed by atoms with E-state index in [0.29, 0.717) is 0 Å². The summed E-state index contributed by atoms with van der Waals surface area (Å²) in [7, 11) is 2.04. The third-order valence-corrected chi connectivity index (χ3v) is 3.46. The lowest BCUT2D eigenvalue weighted by Gasteiger charge is -2.25. The van der Waals surface area contributed by atoms with Gasteiger partial charge in [0.1, 0.15) is 0 Å². The quantitative estimate of drug-likeness (QED) is 0.891. The van der Waals surface area contributed by atoms with Crippen LogP contribution in [0.1, 0.15) is 29.7 Å². The van der Waals surface area contributed by atoms with Gasteiger partial charge in [0.25, 0.3) is 0 Å². The van der Waals surface area contributed by atoms with Crippen LogP contribution < -0.4 is 4.90 Å². The number of rotatable bonds is 3. The number of aryl methyl sites for hydroxylation is 2. The van der Waals surface area contributed by atoms with Gasteiger partial charge in [-0.05, 0) is 38.5 Å². The van der Waals surface area contributed by atoms with Crippen molar-refractivity contribution in [1.29, 1.82) is 0 Å². The van der Waals surface area contributed by atoms with Gasteiger partial charge in [0.2, 0.25) is 0 Å². The zero-order valence-corrected chi connectivity index (χ0v) is 12.0. The third kappa shape index (κ3) is 2.79. The van der Waals surface area contributed by atoms with Crippen molar-refractivity contribution in [2.24, 2.45) is 0 Å². The van der Waals surface area contributed by atoms with Gasteiger partial charge in [-0.3, -0.25) is 0 Å². The van der Waals surface area contributed by atoms with E-state index in [0.717, 1.165) is 11.3 Å². The van der Waals surface area contributed by atoms with Gasteiger partial charge >= 0.3 is 0 Å². The fraction of sp³-hybridized carbons (Fsp3) is 0.294. The molecule has 2 heteroatoms. The Balaban J connectivity index is 2.47. The Morgan fingerprint density at radius 1 is 1.00 bits per heavy atom. The maximum Gasteiger partial charge on any atom is 0.0782 e. The summed E-state index contributed by atoms with van der Waals surface area (Å²) in [5.41, 5.74) is 5.66. The van der Waals surface area contributed by atoms with E-state index in [-0.39, 0.29) is 0 Å². The van der Waals surface area contributed by atoms with Crippen LogP contribution in [-0.4, -0.2) is 12.2 Å². The van der Waals surface area contributed by atoms with E-state index in [2.05, 4.69) is 36.9 Å². The molecule has 1 N–H and O–H groups in total. The summed E-state index contributed by atoms with van der Waals surface area (Å²) in [5.74, 6) is 0. The summed E-state index contributed by atoms with van der Waals surface area (Å²) in [5, 5.41) is 9.89. The molecule has 0 heterocycles. The van der Waals surface area contributed by atoms with E-state index in [9.17, 15) is 5.11 Å². The molecule has 1 atom stereocenters. The Morgan fingerprint density at radius 2 is 1.68 bits per heavy atom. The van der Waals surface area contributed by atoms with Gasteiger partial charge in [-0.15, -0.1) is 0 Å². The molecular formula is C17H21NO. The van der Waals surface area contributed by atoms with Gasteiger partial charge in [0.15, 0.2) is 0 Å². The maximum atomic E-state index is 9.89. The standard InChI is InChI=1S/C17H21NO/c1-12-9-10-16(13(2)11-12)18(4)17-8-6-5-7-15(17)14(3)19/h5-11,14,19H,1-4H3. The molecule has 100 valence electrons. The highest BCUT2D eigenvalue weighted by Gasteiger charge is 2.13. The molecule has 0 saturated heterocycles. The average Bonchev–Trinajstić information content (AvgIpc) is 2.38. The molecule has 0 aliphatic carbocycles. The van der Waals surface area contributed by atoms with Gasteiger partial charge in [-0.2, -0.15) is 0 Å². The Labute approximate surface area is 115 Å². The second kappa shape index (κ2) is 5.45. The van der Waals surface area contributed by atoms with Crippen LogP contribution in [0.4, 0.5) is 11.4 Å². The monoisotopic (exact) mass is 255 g/mol. The van der Waals surface area contributed by atoms with Crippen LogP contribution in [0.25, 0.3) is 0 Å². The number of para-hydroxylation sites is 1. The van der Waals surface area contributed by atoms with Gasteiger partial charge in [0, 0.05) is 24.0 Å². The molecule has 2 rings (SSSR count). The number of anilines is 2. The fourth-order valence-corrected chi connectivity index (χ4v) is 2.46. The number of hydrogen-bond donors (Lipinski definition) is 1. The van der Waals surface area contributed by atoms with Crippen LogP contribution in [0.15, 0.2) is 42.5 Å². The minimum atomic E-state index is -0.468. The first-order valence-corrected chi connectivity index (χ1v) is 6.58. The topological polar surface area (TPSA) is 23.5 Å². The van der Waals surface area contributed by atoms with Crippen LogP contribution in [0.2, 0.25) is 0 Å². The molecule has 0 bridgehead atoms. The van der Waals surface area contributed by atoms with E-state index in [1.165, 1.54) is 16.8 Å². The summed E-state index contributed by atoms with van der Waals surface area (Å²) in [6, 6.07) is 14.4. The van der Waals surface area contributed by atoms with Crippen molar-refractivity contribution in [3.05, 3.63) is 59.2 Å². The Kier molecular flexibility index (Phi) is 3.91. The number of hydrogen-bond acceptors (Lipinski definition) is 2. The van der Waals surface area contributed by atoms with Gasteiger partial charge < -0.3 is 10.0 Å². The van der Waals surface area contributed by atoms with Crippen molar-refractivity contribution >= 4 is 11.4 Å². The second-order valence-electron chi connectivity index (χ2n) is 5.08. The number of aliphatic hydroxyl groups is 1. The molecule has 0 amide bonds. The first kappa shape index (κ1) is 13.6. The summed E-state index contributed by atoms with van der Waals surface area (Å²) < 4.78 is 0. The van der Waals surface area contributed by atoms with E-state index in [1.807, 2.05) is 31.3 Å².